The maximum atomic E-state index is 13.3. The topological polar surface area (TPSA) is 70.6 Å². The van der Waals surface area contributed by atoms with Gasteiger partial charge >= 0.3 is 0 Å². The van der Waals surface area contributed by atoms with Gasteiger partial charge in [0, 0.05) is 37.3 Å². The van der Waals surface area contributed by atoms with E-state index in [1.165, 1.54) is 45.6 Å². The van der Waals surface area contributed by atoms with Crippen molar-refractivity contribution in [3.63, 3.8) is 0 Å². The lowest BCUT2D eigenvalue weighted by Crippen LogP contribution is -2.50. The standard InChI is InChI=1S/C16H18FN3O3S3/c1-12-10-24-16(18-12)25-11-15(21)19-5-7-20(8-6-19)26(22,23)14-4-2-3-13(17)9-14/h2-4,9-10H,5-8,11H2,1H3. The Hall–Kier alpha value is -1.49. The first-order chi connectivity index (χ1) is 12.4. The second-order valence-electron chi connectivity index (χ2n) is 5.79. The molecule has 1 aliphatic heterocycles. The molecule has 1 aromatic heterocycles. The summed E-state index contributed by atoms with van der Waals surface area (Å²) in [5.41, 5.74) is 0.932. The van der Waals surface area contributed by atoms with Gasteiger partial charge in [-0.25, -0.2) is 17.8 Å². The number of thioether (sulfide) groups is 1. The number of carbonyl (C=O) groups is 1. The molecule has 1 fully saturated rings. The quantitative estimate of drug-likeness (QED) is 0.701. The van der Waals surface area contributed by atoms with Gasteiger partial charge in [0.05, 0.1) is 10.6 Å². The molecule has 140 valence electrons. The van der Waals surface area contributed by atoms with Gasteiger partial charge in [0.2, 0.25) is 15.9 Å². The van der Waals surface area contributed by atoms with E-state index in [0.717, 1.165) is 16.1 Å². The van der Waals surface area contributed by atoms with Gasteiger partial charge in [-0.2, -0.15) is 4.31 Å². The number of rotatable bonds is 5. The summed E-state index contributed by atoms with van der Waals surface area (Å²) in [7, 11) is -3.74. The fourth-order valence-electron chi connectivity index (χ4n) is 2.57. The summed E-state index contributed by atoms with van der Waals surface area (Å²) < 4.78 is 40.6. The average Bonchev–Trinajstić information content (AvgIpc) is 3.05. The van der Waals surface area contributed by atoms with Gasteiger partial charge in [-0.1, -0.05) is 17.8 Å². The van der Waals surface area contributed by atoms with Crippen LogP contribution in [0.25, 0.3) is 0 Å². The van der Waals surface area contributed by atoms with Crippen LogP contribution in [0.3, 0.4) is 0 Å². The summed E-state index contributed by atoms with van der Waals surface area (Å²) in [4.78, 5) is 18.2. The van der Waals surface area contributed by atoms with Crippen LogP contribution >= 0.6 is 23.1 Å². The van der Waals surface area contributed by atoms with E-state index in [0.29, 0.717) is 13.1 Å². The van der Waals surface area contributed by atoms with Gasteiger partial charge in [0.25, 0.3) is 0 Å². The zero-order chi connectivity index (χ0) is 18.7. The van der Waals surface area contributed by atoms with Crippen LogP contribution in [-0.4, -0.2) is 60.4 Å². The molecule has 1 saturated heterocycles. The molecule has 2 aromatic rings. The Morgan fingerprint density at radius 1 is 1.31 bits per heavy atom. The molecule has 0 bridgehead atoms. The van der Waals surface area contributed by atoms with Crippen molar-refractivity contribution in [2.75, 3.05) is 31.9 Å². The Bertz CT molecular complexity index is 893. The van der Waals surface area contributed by atoms with Gasteiger partial charge in [-0.15, -0.1) is 11.3 Å². The van der Waals surface area contributed by atoms with E-state index in [1.54, 1.807) is 4.90 Å². The van der Waals surface area contributed by atoms with E-state index < -0.39 is 15.8 Å². The Labute approximate surface area is 160 Å². The summed E-state index contributed by atoms with van der Waals surface area (Å²) in [5.74, 6) is -0.344. The number of thiazole rings is 1. The fourth-order valence-corrected chi connectivity index (χ4v) is 5.77. The van der Waals surface area contributed by atoms with E-state index in [1.807, 2.05) is 12.3 Å². The highest BCUT2D eigenvalue weighted by atomic mass is 32.2. The summed E-state index contributed by atoms with van der Waals surface area (Å²) in [6, 6.07) is 4.97. The lowest BCUT2D eigenvalue weighted by Gasteiger charge is -2.34. The molecule has 0 saturated carbocycles. The third-order valence-corrected chi connectivity index (χ3v) is 7.96. The average molecular weight is 416 g/mol. The lowest BCUT2D eigenvalue weighted by atomic mass is 10.3. The molecule has 0 spiro atoms. The van der Waals surface area contributed by atoms with Crippen LogP contribution in [0.5, 0.6) is 0 Å². The number of aromatic nitrogens is 1. The zero-order valence-electron chi connectivity index (χ0n) is 14.1. The lowest BCUT2D eigenvalue weighted by molar-refractivity contribution is -0.129. The highest BCUT2D eigenvalue weighted by Crippen LogP contribution is 2.23. The number of aryl methyl sites for hydroxylation is 1. The van der Waals surface area contributed by atoms with Crippen LogP contribution in [0, 0.1) is 12.7 Å². The maximum Gasteiger partial charge on any atom is 0.243 e. The minimum Gasteiger partial charge on any atom is -0.339 e. The van der Waals surface area contributed by atoms with Gasteiger partial charge in [0.15, 0.2) is 4.34 Å². The largest absolute Gasteiger partial charge is 0.339 e. The van der Waals surface area contributed by atoms with E-state index in [9.17, 15) is 17.6 Å². The van der Waals surface area contributed by atoms with Crippen LogP contribution in [0.1, 0.15) is 5.69 Å². The maximum absolute atomic E-state index is 13.3. The van der Waals surface area contributed by atoms with Crippen molar-refractivity contribution in [1.82, 2.24) is 14.2 Å². The van der Waals surface area contributed by atoms with E-state index in [4.69, 9.17) is 0 Å². The Balaban J connectivity index is 1.55. The van der Waals surface area contributed by atoms with Crippen LogP contribution in [-0.2, 0) is 14.8 Å². The summed E-state index contributed by atoms with van der Waals surface area (Å²) in [5, 5.41) is 1.93. The number of amides is 1. The van der Waals surface area contributed by atoms with Gasteiger partial charge in [0.1, 0.15) is 5.82 Å². The van der Waals surface area contributed by atoms with Crippen molar-refractivity contribution in [3.8, 4) is 0 Å². The van der Waals surface area contributed by atoms with E-state index >= 15 is 0 Å². The molecular weight excluding hydrogens is 397 g/mol. The highest BCUT2D eigenvalue weighted by molar-refractivity contribution is 8.01. The zero-order valence-corrected chi connectivity index (χ0v) is 16.5. The summed E-state index contributed by atoms with van der Waals surface area (Å²) >= 11 is 2.89. The number of sulfonamides is 1. The van der Waals surface area contributed by atoms with Gasteiger partial charge in [-0.05, 0) is 25.1 Å². The monoisotopic (exact) mass is 415 g/mol. The second kappa shape index (κ2) is 8.03. The van der Waals surface area contributed by atoms with Crippen molar-refractivity contribution in [2.24, 2.45) is 0 Å². The molecule has 0 unspecified atom stereocenters. The number of carbonyl (C=O) groups excluding carboxylic acids is 1. The molecule has 3 rings (SSSR count). The molecule has 1 amide bonds. The summed E-state index contributed by atoms with van der Waals surface area (Å²) in [6.45, 7) is 2.95. The fraction of sp³-hybridized carbons (Fsp3) is 0.375. The molecule has 1 aromatic carbocycles. The molecule has 0 aliphatic carbocycles. The number of hydrogen-bond acceptors (Lipinski definition) is 6. The molecule has 1 aliphatic rings. The normalized spacial score (nSPS) is 16.0. The Morgan fingerprint density at radius 3 is 2.65 bits per heavy atom. The Morgan fingerprint density at radius 2 is 2.04 bits per heavy atom. The predicted octanol–water partition coefficient (Wildman–Crippen LogP) is 2.22. The third-order valence-electron chi connectivity index (χ3n) is 3.94. The Kier molecular flexibility index (Phi) is 5.96. The number of hydrogen-bond donors (Lipinski definition) is 0. The molecule has 0 N–H and O–H groups in total. The van der Waals surface area contributed by atoms with Crippen LogP contribution in [0.4, 0.5) is 4.39 Å². The highest BCUT2D eigenvalue weighted by Gasteiger charge is 2.30. The molecule has 0 atom stereocenters. The van der Waals surface area contributed by atoms with Crippen molar-refractivity contribution >= 4 is 39.0 Å². The summed E-state index contributed by atoms with van der Waals surface area (Å²) in [6.07, 6.45) is 0. The van der Waals surface area contributed by atoms with Gasteiger partial charge in [-0.3, -0.25) is 4.79 Å². The minimum absolute atomic E-state index is 0.0364. The first kappa shape index (κ1) is 19.3. The molecule has 26 heavy (non-hydrogen) atoms. The van der Waals surface area contributed by atoms with E-state index in [-0.39, 0.29) is 29.6 Å². The predicted molar refractivity (Wildman–Crippen MR) is 99.3 cm³/mol. The van der Waals surface area contributed by atoms with Crippen LogP contribution in [0.2, 0.25) is 0 Å². The molecule has 6 nitrogen and oxygen atoms in total. The van der Waals surface area contributed by atoms with Crippen molar-refractivity contribution in [3.05, 3.63) is 41.2 Å². The smallest absolute Gasteiger partial charge is 0.243 e. The minimum atomic E-state index is -3.74. The number of halogens is 1. The second-order valence-corrected chi connectivity index (χ2v) is 9.80. The van der Waals surface area contributed by atoms with Crippen molar-refractivity contribution in [1.29, 1.82) is 0 Å². The number of piperazine rings is 1. The first-order valence-electron chi connectivity index (χ1n) is 7.95. The van der Waals surface area contributed by atoms with Gasteiger partial charge < -0.3 is 4.90 Å². The van der Waals surface area contributed by atoms with Crippen molar-refractivity contribution < 1.29 is 17.6 Å². The SMILES string of the molecule is Cc1csc(SCC(=O)N2CCN(S(=O)(=O)c3cccc(F)c3)CC2)n1. The third kappa shape index (κ3) is 4.43. The first-order valence-corrected chi connectivity index (χ1v) is 11.3. The number of benzene rings is 1. The molecular formula is C16H18FN3O3S3. The van der Waals surface area contributed by atoms with E-state index in [2.05, 4.69) is 4.98 Å². The molecule has 0 radical (unpaired) electrons. The van der Waals surface area contributed by atoms with Crippen LogP contribution < -0.4 is 0 Å². The molecule has 10 heteroatoms. The van der Waals surface area contributed by atoms with Crippen LogP contribution in [0.15, 0.2) is 38.9 Å². The van der Waals surface area contributed by atoms with Crippen molar-refractivity contribution in [2.45, 2.75) is 16.2 Å². The number of nitrogens with zero attached hydrogens (tertiary/aromatic N) is 3. The molecule has 2 heterocycles.